The minimum Gasteiger partial charge on any atom is -0.361 e. The molecule has 1 aromatic carbocycles. The standard InChI is InChI=1S/C25H25N3O3S/c1-2-12-27-24(30)25(17-19-8-10-20(11-9-19)22-7-5-16-32-22)18-28(14-15-31-25)23(29)21-6-3-4-13-26-21/h2-11,13,16H,1,12,14-15,17-18H2,(H,27,30). The molecule has 1 N–H and O–H groups in total. The highest BCUT2D eigenvalue weighted by Gasteiger charge is 2.45. The van der Waals surface area contributed by atoms with Gasteiger partial charge in [-0.1, -0.05) is 42.5 Å². The number of ether oxygens (including phenoxy) is 1. The van der Waals surface area contributed by atoms with Crippen molar-refractivity contribution in [3.8, 4) is 10.4 Å². The van der Waals surface area contributed by atoms with Gasteiger partial charge in [0.1, 0.15) is 5.69 Å². The Morgan fingerprint density at radius 1 is 1.19 bits per heavy atom. The minimum atomic E-state index is -1.18. The minimum absolute atomic E-state index is 0.151. The Hall–Kier alpha value is -3.29. The van der Waals surface area contributed by atoms with E-state index >= 15 is 0 Å². The van der Waals surface area contributed by atoms with Crippen LogP contribution in [0.15, 0.2) is 78.8 Å². The second-order valence-corrected chi connectivity index (χ2v) is 8.58. The van der Waals surface area contributed by atoms with Crippen molar-refractivity contribution in [3.63, 3.8) is 0 Å². The highest BCUT2D eigenvalue weighted by atomic mass is 32.1. The summed E-state index contributed by atoms with van der Waals surface area (Å²) < 4.78 is 6.09. The molecule has 32 heavy (non-hydrogen) atoms. The predicted octanol–water partition coefficient (Wildman–Crippen LogP) is 3.57. The molecule has 1 atom stereocenters. The first-order valence-corrected chi connectivity index (χ1v) is 11.4. The van der Waals surface area contributed by atoms with E-state index in [9.17, 15) is 9.59 Å². The number of amides is 2. The van der Waals surface area contributed by atoms with Gasteiger partial charge in [-0.2, -0.15) is 0 Å². The third-order valence-corrected chi connectivity index (χ3v) is 6.35. The van der Waals surface area contributed by atoms with E-state index in [4.69, 9.17) is 4.74 Å². The number of pyridine rings is 1. The molecule has 0 spiro atoms. The lowest BCUT2D eigenvalue weighted by Crippen LogP contribution is -2.62. The highest BCUT2D eigenvalue weighted by molar-refractivity contribution is 7.13. The maximum absolute atomic E-state index is 13.2. The van der Waals surface area contributed by atoms with Crippen molar-refractivity contribution >= 4 is 23.2 Å². The number of aromatic nitrogens is 1. The van der Waals surface area contributed by atoms with Gasteiger partial charge < -0.3 is 15.0 Å². The van der Waals surface area contributed by atoms with Crippen LogP contribution in [0.5, 0.6) is 0 Å². The Labute approximate surface area is 191 Å². The fourth-order valence-corrected chi connectivity index (χ4v) is 4.55. The van der Waals surface area contributed by atoms with Crippen LogP contribution in [0.4, 0.5) is 0 Å². The molecule has 1 saturated heterocycles. The number of morpholine rings is 1. The Bertz CT molecular complexity index is 1070. The van der Waals surface area contributed by atoms with E-state index in [1.54, 1.807) is 46.7 Å². The summed E-state index contributed by atoms with van der Waals surface area (Å²) in [5.41, 5.74) is 1.27. The van der Waals surface area contributed by atoms with Crippen LogP contribution < -0.4 is 5.32 Å². The number of carbonyl (C=O) groups excluding carboxylic acids is 2. The van der Waals surface area contributed by atoms with E-state index in [0.717, 1.165) is 11.1 Å². The number of hydrogen-bond acceptors (Lipinski definition) is 5. The van der Waals surface area contributed by atoms with Crippen LogP contribution >= 0.6 is 11.3 Å². The van der Waals surface area contributed by atoms with Crippen molar-refractivity contribution in [2.24, 2.45) is 0 Å². The van der Waals surface area contributed by atoms with Gasteiger partial charge in [-0.15, -0.1) is 17.9 Å². The molecule has 6 nitrogen and oxygen atoms in total. The summed E-state index contributed by atoms with van der Waals surface area (Å²) in [5.74, 6) is -0.457. The zero-order chi connectivity index (χ0) is 22.4. The van der Waals surface area contributed by atoms with Gasteiger partial charge in [0.15, 0.2) is 5.60 Å². The van der Waals surface area contributed by atoms with Gasteiger partial charge in [0.05, 0.1) is 13.2 Å². The first-order valence-electron chi connectivity index (χ1n) is 10.5. The largest absolute Gasteiger partial charge is 0.361 e. The molecule has 7 heteroatoms. The molecular weight excluding hydrogens is 422 g/mol. The molecular formula is C25H25N3O3S. The number of hydrogen-bond donors (Lipinski definition) is 1. The van der Waals surface area contributed by atoms with Gasteiger partial charge >= 0.3 is 0 Å². The second-order valence-electron chi connectivity index (χ2n) is 7.63. The van der Waals surface area contributed by atoms with E-state index in [0.29, 0.717) is 25.2 Å². The van der Waals surface area contributed by atoms with Crippen LogP contribution in [-0.4, -0.2) is 53.5 Å². The Balaban J connectivity index is 1.58. The second kappa shape index (κ2) is 9.89. The van der Waals surface area contributed by atoms with Crippen molar-refractivity contribution in [1.29, 1.82) is 0 Å². The summed E-state index contributed by atoms with van der Waals surface area (Å²) in [5, 5.41) is 4.91. The Morgan fingerprint density at radius 3 is 2.72 bits per heavy atom. The molecule has 0 aliphatic carbocycles. The predicted molar refractivity (Wildman–Crippen MR) is 125 cm³/mol. The van der Waals surface area contributed by atoms with Crippen molar-refractivity contribution in [2.45, 2.75) is 12.0 Å². The van der Waals surface area contributed by atoms with E-state index in [2.05, 4.69) is 35.1 Å². The lowest BCUT2D eigenvalue weighted by Gasteiger charge is -2.41. The third kappa shape index (κ3) is 4.79. The maximum atomic E-state index is 13.2. The molecule has 1 aliphatic heterocycles. The van der Waals surface area contributed by atoms with Gasteiger partial charge in [0, 0.05) is 30.6 Å². The van der Waals surface area contributed by atoms with Gasteiger partial charge in [0.25, 0.3) is 11.8 Å². The molecule has 1 unspecified atom stereocenters. The third-order valence-electron chi connectivity index (χ3n) is 5.43. The van der Waals surface area contributed by atoms with Gasteiger partial charge in [-0.25, -0.2) is 0 Å². The maximum Gasteiger partial charge on any atom is 0.272 e. The van der Waals surface area contributed by atoms with Gasteiger partial charge in [-0.3, -0.25) is 14.6 Å². The SMILES string of the molecule is C=CCNC(=O)C1(Cc2ccc(-c3cccs3)cc2)CN(C(=O)c2ccccn2)CCO1. The normalized spacial score (nSPS) is 18.2. The Kier molecular flexibility index (Phi) is 6.78. The monoisotopic (exact) mass is 447 g/mol. The van der Waals surface area contributed by atoms with E-state index in [1.165, 1.54) is 4.88 Å². The van der Waals surface area contributed by atoms with E-state index in [-0.39, 0.29) is 25.0 Å². The summed E-state index contributed by atoms with van der Waals surface area (Å²) in [6, 6.07) is 17.5. The van der Waals surface area contributed by atoms with Crippen molar-refractivity contribution in [2.75, 3.05) is 26.2 Å². The zero-order valence-electron chi connectivity index (χ0n) is 17.7. The van der Waals surface area contributed by atoms with Crippen molar-refractivity contribution in [3.05, 3.63) is 90.1 Å². The molecule has 1 fully saturated rings. The van der Waals surface area contributed by atoms with Crippen molar-refractivity contribution < 1.29 is 14.3 Å². The number of nitrogens with zero attached hydrogens (tertiary/aromatic N) is 2. The first-order chi connectivity index (χ1) is 15.6. The van der Waals surface area contributed by atoms with Gasteiger partial charge in [-0.05, 0) is 34.7 Å². The summed E-state index contributed by atoms with van der Waals surface area (Å²) in [7, 11) is 0. The van der Waals surface area contributed by atoms with Crippen LogP contribution in [0.3, 0.4) is 0 Å². The number of nitrogens with one attached hydrogen (secondary N) is 1. The average Bonchev–Trinajstić information content (AvgIpc) is 3.38. The fraction of sp³-hybridized carbons (Fsp3) is 0.240. The highest BCUT2D eigenvalue weighted by Crippen LogP contribution is 2.28. The molecule has 0 bridgehead atoms. The summed E-state index contributed by atoms with van der Waals surface area (Å²) >= 11 is 1.68. The number of rotatable bonds is 7. The van der Waals surface area contributed by atoms with Crippen LogP contribution in [0, 0.1) is 0 Å². The molecule has 2 amide bonds. The molecule has 3 aromatic rings. The lowest BCUT2D eigenvalue weighted by molar-refractivity contribution is -0.157. The topological polar surface area (TPSA) is 71.5 Å². The molecule has 0 radical (unpaired) electrons. The number of carbonyl (C=O) groups is 2. The van der Waals surface area contributed by atoms with E-state index in [1.807, 2.05) is 23.6 Å². The number of benzene rings is 1. The molecule has 0 saturated carbocycles. The molecule has 4 rings (SSSR count). The molecule has 1 aliphatic rings. The fourth-order valence-electron chi connectivity index (χ4n) is 3.82. The van der Waals surface area contributed by atoms with Crippen LogP contribution in [0.25, 0.3) is 10.4 Å². The first kappa shape index (κ1) is 21.9. The lowest BCUT2D eigenvalue weighted by atomic mass is 9.90. The smallest absolute Gasteiger partial charge is 0.272 e. The Morgan fingerprint density at radius 2 is 2.03 bits per heavy atom. The molecule has 2 aromatic heterocycles. The summed E-state index contributed by atoms with van der Waals surface area (Å²) in [6.07, 6.45) is 3.57. The molecule has 164 valence electrons. The number of thiophene rings is 1. The van der Waals surface area contributed by atoms with Crippen LogP contribution in [-0.2, 0) is 16.0 Å². The zero-order valence-corrected chi connectivity index (χ0v) is 18.5. The van der Waals surface area contributed by atoms with Crippen molar-refractivity contribution in [1.82, 2.24) is 15.2 Å². The summed E-state index contributed by atoms with van der Waals surface area (Å²) in [4.78, 5) is 33.2. The average molecular weight is 448 g/mol. The quantitative estimate of drug-likeness (QED) is 0.562. The molecule has 3 heterocycles. The van der Waals surface area contributed by atoms with E-state index < -0.39 is 5.60 Å². The van der Waals surface area contributed by atoms with Crippen LogP contribution in [0.1, 0.15) is 16.1 Å². The van der Waals surface area contributed by atoms with Gasteiger partial charge in [0.2, 0.25) is 0 Å². The van der Waals surface area contributed by atoms with Crippen LogP contribution in [0.2, 0.25) is 0 Å². The summed E-state index contributed by atoms with van der Waals surface area (Å²) in [6.45, 7) is 4.83.